The van der Waals surface area contributed by atoms with Crippen LogP contribution >= 0.6 is 19.4 Å². The average molecular weight is 160 g/mol. The van der Waals surface area contributed by atoms with Gasteiger partial charge in [0.2, 0.25) is 0 Å². The molecule has 0 atom stereocenters. The van der Waals surface area contributed by atoms with Gasteiger partial charge in [0, 0.05) is 5.03 Å². The summed E-state index contributed by atoms with van der Waals surface area (Å²) in [6, 6.07) is 0. The van der Waals surface area contributed by atoms with Gasteiger partial charge < -0.3 is 0 Å². The smallest absolute Gasteiger partial charge is 0.245 e. The summed E-state index contributed by atoms with van der Waals surface area (Å²) in [5, 5.41) is -0.140. The highest BCUT2D eigenvalue weighted by molar-refractivity contribution is 7.56. The van der Waals surface area contributed by atoms with Gasteiger partial charge in [-0.15, -0.1) is 8.39 Å². The number of rotatable bonds is 1. The summed E-state index contributed by atoms with van der Waals surface area (Å²) in [6.07, 6.45) is 0. The molecule has 0 radical (unpaired) electrons. The van der Waals surface area contributed by atoms with E-state index in [2.05, 4.69) is 0 Å². The van der Waals surface area contributed by atoms with Gasteiger partial charge in [0.05, 0.1) is 5.82 Å². The highest BCUT2D eigenvalue weighted by Crippen LogP contribution is 2.51. The number of halogens is 3. The molecular formula is C3H4ClF2OP. The lowest BCUT2D eigenvalue weighted by Gasteiger charge is -1.85. The van der Waals surface area contributed by atoms with Crippen molar-refractivity contribution in [2.75, 3.05) is 0 Å². The monoisotopic (exact) mass is 160 g/mol. The van der Waals surface area contributed by atoms with Crippen molar-refractivity contribution in [3.8, 4) is 0 Å². The first-order valence-electron chi connectivity index (χ1n) is 1.76. The molecular weight excluding hydrogens is 156 g/mol. The summed E-state index contributed by atoms with van der Waals surface area (Å²) in [6.45, 7) is 1.24. The SMILES string of the molecule is C/C(Cl)=C/P(=O)(F)F. The van der Waals surface area contributed by atoms with Crippen LogP contribution in [0.5, 0.6) is 0 Å². The maximum absolute atomic E-state index is 11.4. The first-order chi connectivity index (χ1) is 3.42. The minimum Gasteiger partial charge on any atom is -0.245 e. The Hall–Kier alpha value is 0.120. The third-order valence-electron chi connectivity index (χ3n) is 0.328. The molecule has 0 bridgehead atoms. The Morgan fingerprint density at radius 3 is 2.12 bits per heavy atom. The van der Waals surface area contributed by atoms with Gasteiger partial charge in [0.25, 0.3) is 0 Å². The van der Waals surface area contributed by atoms with Crippen LogP contribution in [0, 0.1) is 0 Å². The molecule has 0 fully saturated rings. The Kier molecular flexibility index (Phi) is 2.64. The summed E-state index contributed by atoms with van der Waals surface area (Å²) >= 11 is 4.97. The van der Waals surface area contributed by atoms with Crippen molar-refractivity contribution in [2.24, 2.45) is 0 Å². The van der Waals surface area contributed by atoms with Crippen LogP contribution in [0.1, 0.15) is 6.92 Å². The Morgan fingerprint density at radius 1 is 1.75 bits per heavy atom. The molecule has 0 saturated heterocycles. The molecule has 0 aliphatic heterocycles. The fourth-order valence-corrected chi connectivity index (χ4v) is 0.962. The molecule has 0 aliphatic carbocycles. The minimum atomic E-state index is -5.02. The summed E-state index contributed by atoms with van der Waals surface area (Å²) in [4.78, 5) is 0. The van der Waals surface area contributed by atoms with Crippen LogP contribution in [0.3, 0.4) is 0 Å². The Bertz CT molecular complexity index is 145. The summed E-state index contributed by atoms with van der Waals surface area (Å²) in [7, 11) is -5.02. The number of hydrogen-bond acceptors (Lipinski definition) is 1. The number of hydrogen-bond donors (Lipinski definition) is 0. The van der Waals surface area contributed by atoms with Gasteiger partial charge in [-0.3, -0.25) is 0 Å². The van der Waals surface area contributed by atoms with E-state index >= 15 is 0 Å². The Labute approximate surface area is 50.9 Å². The second kappa shape index (κ2) is 2.60. The first-order valence-corrected chi connectivity index (χ1v) is 3.69. The van der Waals surface area contributed by atoms with Gasteiger partial charge in [-0.25, -0.2) is 4.57 Å². The first kappa shape index (κ1) is 8.12. The fraction of sp³-hybridized carbons (Fsp3) is 0.333. The van der Waals surface area contributed by atoms with Gasteiger partial charge in [-0.2, -0.15) is 0 Å². The zero-order valence-electron chi connectivity index (χ0n) is 4.07. The van der Waals surface area contributed by atoms with Crippen molar-refractivity contribution in [2.45, 2.75) is 6.92 Å². The molecule has 0 spiro atoms. The lowest BCUT2D eigenvalue weighted by molar-refractivity contribution is 0.506. The average Bonchev–Trinajstić information content (AvgIpc) is 1.21. The van der Waals surface area contributed by atoms with Crippen molar-refractivity contribution < 1.29 is 13.0 Å². The molecule has 48 valence electrons. The molecule has 0 amide bonds. The summed E-state index contributed by atoms with van der Waals surface area (Å²) in [5.74, 6) is 0.258. The van der Waals surface area contributed by atoms with E-state index in [1.54, 1.807) is 0 Å². The standard InChI is InChI=1S/C3H4ClF2OP/c1-3(4)2-8(5,6)7/h2H,1H3/b3-2-. The van der Waals surface area contributed by atoms with E-state index in [-0.39, 0.29) is 10.8 Å². The largest absolute Gasteiger partial charge is 0.427 e. The highest BCUT2D eigenvalue weighted by Gasteiger charge is 2.13. The van der Waals surface area contributed by atoms with Crippen LogP contribution < -0.4 is 0 Å². The third-order valence-corrected chi connectivity index (χ3v) is 1.28. The molecule has 0 aliphatic rings. The molecule has 0 aromatic rings. The van der Waals surface area contributed by atoms with Crippen molar-refractivity contribution in [1.29, 1.82) is 0 Å². The van der Waals surface area contributed by atoms with Crippen LogP contribution in [-0.4, -0.2) is 0 Å². The van der Waals surface area contributed by atoms with E-state index in [4.69, 9.17) is 11.6 Å². The summed E-state index contributed by atoms with van der Waals surface area (Å²) in [5.41, 5.74) is 0. The van der Waals surface area contributed by atoms with Gasteiger partial charge in [-0.05, 0) is 6.92 Å². The van der Waals surface area contributed by atoms with E-state index in [1.165, 1.54) is 6.92 Å². The molecule has 0 heterocycles. The fourth-order valence-electron chi connectivity index (χ4n) is 0.207. The zero-order valence-corrected chi connectivity index (χ0v) is 5.72. The lowest BCUT2D eigenvalue weighted by Crippen LogP contribution is -1.55. The second-order valence-electron chi connectivity index (χ2n) is 1.22. The molecule has 0 aromatic heterocycles. The topological polar surface area (TPSA) is 17.1 Å². The van der Waals surface area contributed by atoms with Crippen LogP contribution in [-0.2, 0) is 4.57 Å². The molecule has 1 nitrogen and oxygen atoms in total. The Balaban J connectivity index is 4.11. The van der Waals surface area contributed by atoms with E-state index < -0.39 is 7.76 Å². The molecule has 0 aromatic carbocycles. The van der Waals surface area contributed by atoms with Gasteiger partial charge in [0.15, 0.2) is 0 Å². The lowest BCUT2D eigenvalue weighted by atomic mass is 10.8. The van der Waals surface area contributed by atoms with E-state index in [9.17, 15) is 13.0 Å². The molecule has 0 unspecified atom stereocenters. The minimum absolute atomic E-state index is 0.140. The molecule has 0 N–H and O–H groups in total. The maximum Gasteiger partial charge on any atom is 0.427 e. The van der Waals surface area contributed by atoms with Crippen molar-refractivity contribution in [3.63, 3.8) is 0 Å². The van der Waals surface area contributed by atoms with Crippen LogP contribution in [0.2, 0.25) is 0 Å². The maximum atomic E-state index is 11.4. The molecule has 5 heteroatoms. The second-order valence-corrected chi connectivity index (χ2v) is 3.08. The van der Waals surface area contributed by atoms with Crippen molar-refractivity contribution >= 4 is 19.4 Å². The van der Waals surface area contributed by atoms with Crippen LogP contribution in [0.15, 0.2) is 10.8 Å². The normalized spacial score (nSPS) is 14.2. The van der Waals surface area contributed by atoms with Crippen molar-refractivity contribution in [1.82, 2.24) is 0 Å². The predicted octanol–water partition coefficient (Wildman–Crippen LogP) is 3.22. The quantitative estimate of drug-likeness (QED) is 0.538. The molecule has 0 saturated carbocycles. The molecule has 0 rings (SSSR count). The van der Waals surface area contributed by atoms with E-state index in [1.807, 2.05) is 0 Å². The van der Waals surface area contributed by atoms with E-state index in [0.29, 0.717) is 0 Å². The highest BCUT2D eigenvalue weighted by atomic mass is 35.5. The Morgan fingerprint density at radius 2 is 2.12 bits per heavy atom. The van der Waals surface area contributed by atoms with Crippen LogP contribution in [0.25, 0.3) is 0 Å². The van der Waals surface area contributed by atoms with Gasteiger partial charge >= 0.3 is 7.76 Å². The zero-order chi connectivity index (χ0) is 6.78. The van der Waals surface area contributed by atoms with Crippen molar-refractivity contribution in [3.05, 3.63) is 10.8 Å². The summed E-state index contributed by atoms with van der Waals surface area (Å²) < 4.78 is 32.3. The van der Waals surface area contributed by atoms with E-state index in [0.717, 1.165) is 0 Å². The predicted molar refractivity (Wildman–Crippen MR) is 29.4 cm³/mol. The number of allylic oxidation sites excluding steroid dienone is 1. The van der Waals surface area contributed by atoms with Gasteiger partial charge in [-0.1, -0.05) is 11.6 Å². The van der Waals surface area contributed by atoms with Crippen LogP contribution in [0.4, 0.5) is 8.39 Å². The third kappa shape index (κ3) is 6.12. The van der Waals surface area contributed by atoms with Gasteiger partial charge in [0.1, 0.15) is 0 Å². The molecule has 8 heavy (non-hydrogen) atoms.